The SMILES string of the molecule is C/C(=N/NC(=O)c1cc(Br)c[nH]1)c1ccc2c(c1)OCCCO2. The first-order chi connectivity index (χ1) is 11.1. The summed E-state index contributed by atoms with van der Waals surface area (Å²) < 4.78 is 12.1. The molecule has 0 radical (unpaired) electrons. The van der Waals surface area contributed by atoms with Crippen LogP contribution in [0.1, 0.15) is 29.4 Å². The van der Waals surface area contributed by atoms with E-state index in [1.807, 2.05) is 25.1 Å². The Labute approximate surface area is 142 Å². The third-order valence-electron chi connectivity index (χ3n) is 3.38. The Balaban J connectivity index is 1.73. The summed E-state index contributed by atoms with van der Waals surface area (Å²) in [5.41, 5.74) is 4.51. The van der Waals surface area contributed by atoms with Crippen LogP contribution in [-0.2, 0) is 0 Å². The van der Waals surface area contributed by atoms with E-state index in [2.05, 4.69) is 31.4 Å². The monoisotopic (exact) mass is 377 g/mol. The molecule has 1 aliphatic rings. The fourth-order valence-corrected chi connectivity index (χ4v) is 2.49. The zero-order valence-corrected chi connectivity index (χ0v) is 14.1. The fraction of sp³-hybridized carbons (Fsp3) is 0.250. The highest BCUT2D eigenvalue weighted by Crippen LogP contribution is 2.30. The number of nitrogens with one attached hydrogen (secondary N) is 2. The summed E-state index contributed by atoms with van der Waals surface area (Å²) >= 11 is 3.29. The number of halogens is 1. The Morgan fingerprint density at radius 1 is 1.26 bits per heavy atom. The summed E-state index contributed by atoms with van der Waals surface area (Å²) in [6.07, 6.45) is 2.55. The van der Waals surface area contributed by atoms with Crippen LogP contribution in [0.25, 0.3) is 0 Å². The summed E-state index contributed by atoms with van der Waals surface area (Å²) in [4.78, 5) is 14.8. The van der Waals surface area contributed by atoms with E-state index in [-0.39, 0.29) is 5.91 Å². The van der Waals surface area contributed by atoms with Gasteiger partial charge in [-0.15, -0.1) is 0 Å². The quantitative estimate of drug-likeness (QED) is 0.637. The first-order valence-electron chi connectivity index (χ1n) is 7.22. The molecule has 2 heterocycles. The van der Waals surface area contributed by atoms with Crippen molar-refractivity contribution in [1.82, 2.24) is 10.4 Å². The number of fused-ring (bicyclic) bond motifs is 1. The molecule has 0 aliphatic carbocycles. The Morgan fingerprint density at radius 2 is 2.04 bits per heavy atom. The van der Waals surface area contributed by atoms with Crippen LogP contribution in [0.4, 0.5) is 0 Å². The van der Waals surface area contributed by atoms with Gasteiger partial charge in [-0.05, 0) is 47.1 Å². The lowest BCUT2D eigenvalue weighted by molar-refractivity contribution is 0.0950. The van der Waals surface area contributed by atoms with Crippen molar-refractivity contribution < 1.29 is 14.3 Å². The molecule has 0 atom stereocenters. The van der Waals surface area contributed by atoms with Gasteiger partial charge >= 0.3 is 0 Å². The molecule has 1 aromatic carbocycles. The Morgan fingerprint density at radius 3 is 2.78 bits per heavy atom. The fourth-order valence-electron chi connectivity index (χ4n) is 2.15. The molecule has 2 N–H and O–H groups in total. The van der Waals surface area contributed by atoms with E-state index in [4.69, 9.17) is 9.47 Å². The average molecular weight is 378 g/mol. The van der Waals surface area contributed by atoms with Crippen molar-refractivity contribution in [2.45, 2.75) is 13.3 Å². The van der Waals surface area contributed by atoms with Crippen molar-refractivity contribution in [2.24, 2.45) is 5.10 Å². The van der Waals surface area contributed by atoms with Gasteiger partial charge in [0.2, 0.25) is 0 Å². The topological polar surface area (TPSA) is 75.7 Å². The van der Waals surface area contributed by atoms with Crippen molar-refractivity contribution >= 4 is 27.5 Å². The number of hydrazone groups is 1. The molecule has 2 aromatic rings. The summed E-state index contributed by atoms with van der Waals surface area (Å²) in [5.74, 6) is 1.14. The zero-order chi connectivity index (χ0) is 16.2. The van der Waals surface area contributed by atoms with E-state index >= 15 is 0 Å². The standard InChI is InChI=1S/C16H16BrN3O3/c1-10(19-20-16(21)13-8-12(17)9-18-13)11-3-4-14-15(7-11)23-6-2-5-22-14/h3-4,7-9,18H,2,5-6H2,1H3,(H,20,21)/b19-10-. The maximum atomic E-state index is 12.0. The van der Waals surface area contributed by atoms with Gasteiger partial charge in [0.1, 0.15) is 5.69 Å². The molecule has 3 rings (SSSR count). The summed E-state index contributed by atoms with van der Waals surface area (Å²) in [6.45, 7) is 3.11. The van der Waals surface area contributed by atoms with Gasteiger partial charge in [-0.25, -0.2) is 5.43 Å². The zero-order valence-electron chi connectivity index (χ0n) is 12.6. The molecule has 23 heavy (non-hydrogen) atoms. The van der Waals surface area contributed by atoms with Crippen molar-refractivity contribution in [3.05, 3.63) is 46.2 Å². The van der Waals surface area contributed by atoms with Gasteiger partial charge in [-0.2, -0.15) is 5.10 Å². The van der Waals surface area contributed by atoms with Gasteiger partial charge in [-0.3, -0.25) is 4.79 Å². The molecule has 1 amide bonds. The molecule has 120 valence electrons. The first kappa shape index (κ1) is 15.6. The summed E-state index contributed by atoms with van der Waals surface area (Å²) in [6, 6.07) is 7.31. The second-order valence-corrected chi connectivity index (χ2v) is 6.00. The third-order valence-corrected chi connectivity index (χ3v) is 3.84. The number of H-pyrrole nitrogens is 1. The van der Waals surface area contributed by atoms with Crippen LogP contribution in [0.5, 0.6) is 11.5 Å². The molecule has 0 bridgehead atoms. The number of amides is 1. The largest absolute Gasteiger partial charge is 0.490 e. The number of nitrogens with zero attached hydrogens (tertiary/aromatic N) is 1. The smallest absolute Gasteiger partial charge is 0.287 e. The molecule has 0 unspecified atom stereocenters. The maximum Gasteiger partial charge on any atom is 0.287 e. The van der Waals surface area contributed by atoms with Crippen molar-refractivity contribution in [2.75, 3.05) is 13.2 Å². The molecular formula is C16H16BrN3O3. The first-order valence-corrected chi connectivity index (χ1v) is 8.01. The normalized spacial score (nSPS) is 14.3. The van der Waals surface area contributed by atoms with Crippen LogP contribution in [0.3, 0.4) is 0 Å². The van der Waals surface area contributed by atoms with Crippen LogP contribution in [-0.4, -0.2) is 29.8 Å². The summed E-state index contributed by atoms with van der Waals surface area (Å²) in [7, 11) is 0. The average Bonchev–Trinajstić information content (AvgIpc) is 2.85. The van der Waals surface area contributed by atoms with Crippen LogP contribution in [0.2, 0.25) is 0 Å². The highest BCUT2D eigenvalue weighted by Gasteiger charge is 2.12. The number of hydrogen-bond donors (Lipinski definition) is 2. The van der Waals surface area contributed by atoms with Crippen molar-refractivity contribution in [3.63, 3.8) is 0 Å². The molecule has 0 saturated heterocycles. The minimum absolute atomic E-state index is 0.301. The number of carbonyl (C=O) groups excluding carboxylic acids is 1. The number of aromatic nitrogens is 1. The molecule has 0 saturated carbocycles. The van der Waals surface area contributed by atoms with Gasteiger partial charge < -0.3 is 14.5 Å². The Kier molecular flexibility index (Phi) is 4.66. The second-order valence-electron chi connectivity index (χ2n) is 5.08. The van der Waals surface area contributed by atoms with E-state index in [0.717, 1.165) is 22.2 Å². The Bertz CT molecular complexity index is 755. The highest BCUT2D eigenvalue weighted by atomic mass is 79.9. The van der Waals surface area contributed by atoms with Crippen LogP contribution < -0.4 is 14.9 Å². The Hall–Kier alpha value is -2.28. The number of hydrogen-bond acceptors (Lipinski definition) is 4. The molecule has 6 nitrogen and oxygen atoms in total. The van der Waals surface area contributed by atoms with Crippen LogP contribution >= 0.6 is 15.9 Å². The van der Waals surface area contributed by atoms with E-state index in [1.165, 1.54) is 0 Å². The van der Waals surface area contributed by atoms with E-state index in [9.17, 15) is 4.79 Å². The lowest BCUT2D eigenvalue weighted by atomic mass is 10.1. The maximum absolute atomic E-state index is 12.0. The minimum Gasteiger partial charge on any atom is -0.490 e. The number of ether oxygens (including phenoxy) is 2. The molecule has 1 aromatic heterocycles. The van der Waals surface area contributed by atoms with E-state index in [0.29, 0.717) is 30.4 Å². The minimum atomic E-state index is -0.301. The number of carbonyl (C=O) groups is 1. The van der Waals surface area contributed by atoms with Gasteiger partial charge in [0.15, 0.2) is 11.5 Å². The van der Waals surface area contributed by atoms with E-state index < -0.39 is 0 Å². The molecule has 7 heteroatoms. The van der Waals surface area contributed by atoms with Crippen molar-refractivity contribution in [3.8, 4) is 11.5 Å². The lowest BCUT2D eigenvalue weighted by Gasteiger charge is -2.09. The molecular weight excluding hydrogens is 362 g/mol. The molecule has 0 fully saturated rings. The lowest BCUT2D eigenvalue weighted by Crippen LogP contribution is -2.19. The number of benzene rings is 1. The van der Waals surface area contributed by atoms with Crippen LogP contribution in [0.15, 0.2) is 40.0 Å². The van der Waals surface area contributed by atoms with Gasteiger partial charge in [0.25, 0.3) is 5.91 Å². The second kappa shape index (κ2) is 6.87. The predicted octanol–water partition coefficient (Wildman–Crippen LogP) is 3.09. The molecule has 1 aliphatic heterocycles. The van der Waals surface area contributed by atoms with Crippen molar-refractivity contribution in [1.29, 1.82) is 0 Å². The number of rotatable bonds is 3. The van der Waals surface area contributed by atoms with Crippen LogP contribution in [0, 0.1) is 0 Å². The van der Waals surface area contributed by atoms with Gasteiger partial charge in [-0.1, -0.05) is 0 Å². The highest BCUT2D eigenvalue weighted by molar-refractivity contribution is 9.10. The number of aromatic amines is 1. The predicted molar refractivity (Wildman–Crippen MR) is 90.2 cm³/mol. The molecule has 0 spiro atoms. The summed E-state index contributed by atoms with van der Waals surface area (Å²) in [5, 5.41) is 4.14. The third kappa shape index (κ3) is 3.73. The van der Waals surface area contributed by atoms with Gasteiger partial charge in [0, 0.05) is 22.7 Å². The van der Waals surface area contributed by atoms with Gasteiger partial charge in [0.05, 0.1) is 18.9 Å². The van der Waals surface area contributed by atoms with E-state index in [1.54, 1.807) is 12.3 Å².